The van der Waals surface area contributed by atoms with E-state index in [2.05, 4.69) is 20.9 Å². The lowest BCUT2D eigenvalue weighted by Crippen LogP contribution is -2.20. The normalized spacial score (nSPS) is 12.6. The predicted molar refractivity (Wildman–Crippen MR) is 109 cm³/mol. The first-order valence-electron chi connectivity index (χ1n) is 7.97. The van der Waals surface area contributed by atoms with Gasteiger partial charge in [0.15, 0.2) is 14.6 Å². The molecule has 0 atom stereocenters. The van der Waals surface area contributed by atoms with Gasteiger partial charge in [0.2, 0.25) is 0 Å². The molecule has 3 aromatic rings. The monoisotopic (exact) mass is 468 g/mol. The number of halogens is 1. The van der Waals surface area contributed by atoms with Crippen molar-refractivity contribution < 1.29 is 17.9 Å². The van der Waals surface area contributed by atoms with E-state index in [0.29, 0.717) is 18.0 Å². The van der Waals surface area contributed by atoms with E-state index >= 15 is 0 Å². The van der Waals surface area contributed by atoms with Crippen LogP contribution in [0.2, 0.25) is 0 Å². The summed E-state index contributed by atoms with van der Waals surface area (Å²) >= 11 is 4.81. The average molecular weight is 469 g/mol. The largest absolute Gasteiger partial charge is 0.383 e. The summed E-state index contributed by atoms with van der Waals surface area (Å²) in [6.07, 6.45) is 1.08. The Hall–Kier alpha value is -1.81. The van der Waals surface area contributed by atoms with Crippen LogP contribution < -0.4 is 4.80 Å². The Bertz CT molecular complexity index is 1180. The van der Waals surface area contributed by atoms with Crippen molar-refractivity contribution in [3.05, 3.63) is 57.3 Å². The van der Waals surface area contributed by atoms with Gasteiger partial charge in [-0.3, -0.25) is 4.79 Å². The molecule has 0 spiro atoms. The highest BCUT2D eigenvalue weighted by molar-refractivity contribution is 9.10. The summed E-state index contributed by atoms with van der Waals surface area (Å²) in [4.78, 5) is 17.5. The van der Waals surface area contributed by atoms with Gasteiger partial charge in [-0.05, 0) is 30.3 Å². The summed E-state index contributed by atoms with van der Waals surface area (Å²) < 4.78 is 32.9. The fraction of sp³-hybridized carbons (Fsp3) is 0.222. The number of aromatic nitrogens is 1. The topological polar surface area (TPSA) is 77.7 Å². The molecule has 1 aromatic heterocycles. The molecule has 0 N–H and O–H groups in total. The fourth-order valence-corrected chi connectivity index (χ4v) is 5.13. The lowest BCUT2D eigenvalue weighted by molar-refractivity contribution is 0.0994. The molecule has 1 heterocycles. The van der Waals surface area contributed by atoms with E-state index in [1.807, 2.05) is 22.8 Å². The number of nitrogens with zero attached hydrogens (tertiary/aromatic N) is 2. The number of sulfone groups is 1. The van der Waals surface area contributed by atoms with Gasteiger partial charge in [0, 0.05) is 24.4 Å². The summed E-state index contributed by atoms with van der Waals surface area (Å²) in [6, 6.07) is 11.9. The van der Waals surface area contributed by atoms with Crippen molar-refractivity contribution in [1.29, 1.82) is 0 Å². The number of benzene rings is 2. The van der Waals surface area contributed by atoms with Gasteiger partial charge in [0.05, 0.1) is 27.3 Å². The van der Waals surface area contributed by atoms with Gasteiger partial charge in [-0.15, -0.1) is 0 Å². The van der Waals surface area contributed by atoms with Crippen LogP contribution >= 0.6 is 27.3 Å². The van der Waals surface area contributed by atoms with E-state index < -0.39 is 15.7 Å². The molecule has 1 amide bonds. The highest BCUT2D eigenvalue weighted by Crippen LogP contribution is 2.22. The smallest absolute Gasteiger partial charge is 0.280 e. The molecule has 6 nitrogen and oxygen atoms in total. The Morgan fingerprint density at radius 3 is 2.70 bits per heavy atom. The molecule has 142 valence electrons. The van der Waals surface area contributed by atoms with Crippen LogP contribution in [-0.4, -0.2) is 38.9 Å². The van der Waals surface area contributed by atoms with Crippen molar-refractivity contribution >= 4 is 53.2 Å². The van der Waals surface area contributed by atoms with Crippen molar-refractivity contribution in [3.8, 4) is 0 Å². The Morgan fingerprint density at radius 2 is 2.00 bits per heavy atom. The molecule has 0 saturated carbocycles. The maximum absolute atomic E-state index is 12.8. The molecule has 0 aliphatic carbocycles. The predicted octanol–water partition coefficient (Wildman–Crippen LogP) is 3.26. The highest BCUT2D eigenvalue weighted by Gasteiger charge is 2.18. The molecule has 0 fully saturated rings. The lowest BCUT2D eigenvalue weighted by atomic mass is 10.2. The number of thiazole rings is 1. The van der Waals surface area contributed by atoms with Crippen LogP contribution in [0.5, 0.6) is 0 Å². The van der Waals surface area contributed by atoms with Crippen LogP contribution in [0.15, 0.2) is 56.8 Å². The summed E-state index contributed by atoms with van der Waals surface area (Å²) in [5.41, 5.74) is 1.00. The summed E-state index contributed by atoms with van der Waals surface area (Å²) in [5.74, 6) is -0.590. The second-order valence-corrected chi connectivity index (χ2v) is 9.74. The van der Waals surface area contributed by atoms with Crippen molar-refractivity contribution in [3.63, 3.8) is 0 Å². The van der Waals surface area contributed by atoms with Crippen molar-refractivity contribution in [1.82, 2.24) is 4.57 Å². The highest BCUT2D eigenvalue weighted by atomic mass is 79.9. The lowest BCUT2D eigenvalue weighted by Gasteiger charge is -2.05. The number of hydrogen-bond donors (Lipinski definition) is 0. The van der Waals surface area contributed by atoms with Crippen LogP contribution in [0.3, 0.4) is 0 Å². The minimum Gasteiger partial charge on any atom is -0.383 e. The number of amides is 1. The van der Waals surface area contributed by atoms with E-state index in [4.69, 9.17) is 4.74 Å². The zero-order valence-corrected chi connectivity index (χ0v) is 17.9. The fourth-order valence-electron chi connectivity index (χ4n) is 2.64. The van der Waals surface area contributed by atoms with Gasteiger partial charge in [-0.1, -0.05) is 39.4 Å². The third-order valence-corrected chi connectivity index (χ3v) is 6.57. The van der Waals surface area contributed by atoms with Crippen LogP contribution in [0.25, 0.3) is 10.2 Å². The van der Waals surface area contributed by atoms with Gasteiger partial charge in [0.25, 0.3) is 5.91 Å². The molecule has 9 heteroatoms. The standard InChI is InChI=1S/C18H17BrN2O4S2/c1-25-10-9-21-14-8-7-12(19)11-15(14)26-18(21)20-17(22)13-5-3-4-6-16(13)27(2,23)24/h3-8,11H,9-10H2,1-2H3. The van der Waals surface area contributed by atoms with Gasteiger partial charge in [0.1, 0.15) is 0 Å². The molecule has 0 saturated heterocycles. The first-order valence-corrected chi connectivity index (χ1v) is 11.5. The first kappa shape index (κ1) is 19.9. The van der Waals surface area contributed by atoms with Crippen LogP contribution in [-0.2, 0) is 21.1 Å². The molecule has 0 aliphatic rings. The number of fused-ring (bicyclic) bond motifs is 1. The molecule has 0 bridgehead atoms. The zero-order chi connectivity index (χ0) is 19.6. The second kappa shape index (κ2) is 8.05. The summed E-state index contributed by atoms with van der Waals surface area (Å²) in [5, 5.41) is 0. The van der Waals surface area contributed by atoms with E-state index in [9.17, 15) is 13.2 Å². The van der Waals surface area contributed by atoms with E-state index in [-0.39, 0.29) is 10.5 Å². The van der Waals surface area contributed by atoms with Crippen LogP contribution in [0, 0.1) is 0 Å². The van der Waals surface area contributed by atoms with E-state index in [0.717, 1.165) is 20.9 Å². The maximum atomic E-state index is 12.8. The molecule has 2 aromatic carbocycles. The first-order chi connectivity index (χ1) is 12.8. The maximum Gasteiger partial charge on any atom is 0.280 e. The molecule has 27 heavy (non-hydrogen) atoms. The van der Waals surface area contributed by atoms with Gasteiger partial charge in [-0.25, -0.2) is 8.42 Å². The van der Waals surface area contributed by atoms with Gasteiger partial charge in [-0.2, -0.15) is 4.99 Å². The quantitative estimate of drug-likeness (QED) is 0.575. The molecular formula is C18H17BrN2O4S2. The molecule has 0 aliphatic heterocycles. The SMILES string of the molecule is COCCn1c(=NC(=O)c2ccccc2S(C)(=O)=O)sc2cc(Br)ccc21. The number of carbonyl (C=O) groups is 1. The summed E-state index contributed by atoms with van der Waals surface area (Å²) in [6.45, 7) is 0.987. The van der Waals surface area contributed by atoms with Gasteiger partial charge >= 0.3 is 0 Å². The Morgan fingerprint density at radius 1 is 1.26 bits per heavy atom. The number of carbonyl (C=O) groups excluding carboxylic acids is 1. The van der Waals surface area contributed by atoms with Crippen molar-refractivity contribution in [2.45, 2.75) is 11.4 Å². The molecular weight excluding hydrogens is 452 g/mol. The number of rotatable bonds is 5. The Labute approximate surface area is 169 Å². The molecule has 0 radical (unpaired) electrons. The van der Waals surface area contributed by atoms with Crippen molar-refractivity contribution in [2.75, 3.05) is 20.0 Å². The van der Waals surface area contributed by atoms with Crippen LogP contribution in [0.4, 0.5) is 0 Å². The number of ether oxygens (including phenoxy) is 1. The number of methoxy groups -OCH3 is 1. The van der Waals surface area contributed by atoms with Crippen LogP contribution in [0.1, 0.15) is 10.4 Å². The third kappa shape index (κ3) is 4.37. The van der Waals surface area contributed by atoms with E-state index in [1.54, 1.807) is 19.2 Å². The third-order valence-electron chi connectivity index (χ3n) is 3.88. The minimum absolute atomic E-state index is 0.0222. The van der Waals surface area contributed by atoms with Gasteiger partial charge < -0.3 is 9.30 Å². The van der Waals surface area contributed by atoms with Crippen molar-refractivity contribution in [2.24, 2.45) is 4.99 Å². The second-order valence-electron chi connectivity index (χ2n) is 5.83. The average Bonchev–Trinajstić information content (AvgIpc) is 2.95. The minimum atomic E-state index is -3.54. The van der Waals surface area contributed by atoms with E-state index in [1.165, 1.54) is 23.5 Å². The Kier molecular flexibility index (Phi) is 5.95. The summed E-state index contributed by atoms with van der Waals surface area (Å²) in [7, 11) is -1.93. The zero-order valence-electron chi connectivity index (χ0n) is 14.7. The number of hydrogen-bond acceptors (Lipinski definition) is 5. The molecule has 0 unspecified atom stereocenters. The Balaban J connectivity index is 2.17. The molecule has 3 rings (SSSR count).